The second-order valence-electron chi connectivity index (χ2n) is 4.28. The van der Waals surface area contributed by atoms with Gasteiger partial charge in [0.05, 0.1) is 12.2 Å². The minimum atomic E-state index is 0.103. The maximum absolute atomic E-state index is 5.93. The Kier molecular flexibility index (Phi) is 1.50. The van der Waals surface area contributed by atoms with Crippen molar-refractivity contribution in [3.05, 3.63) is 35.9 Å². The normalized spacial score (nSPS) is 36.8. The summed E-state index contributed by atoms with van der Waals surface area (Å²) in [5.41, 5.74) is 1.49. The number of hydrogen-bond acceptors (Lipinski definition) is 1. The van der Waals surface area contributed by atoms with Crippen molar-refractivity contribution in [1.82, 2.24) is 0 Å². The van der Waals surface area contributed by atoms with E-state index in [-0.39, 0.29) is 5.60 Å². The zero-order valence-electron chi connectivity index (χ0n) is 7.70. The molecule has 0 N–H and O–H groups in total. The van der Waals surface area contributed by atoms with Crippen LogP contribution in [0.5, 0.6) is 0 Å². The standard InChI is InChI=1S/C12H14O/c1-2-4-11(5-3-1)12-7-6-10(8-12)9-13-12/h1-5,10H,6-9H2. The van der Waals surface area contributed by atoms with E-state index in [1.165, 1.54) is 24.8 Å². The molecule has 0 aromatic heterocycles. The lowest BCUT2D eigenvalue weighted by atomic mass is 9.92. The summed E-state index contributed by atoms with van der Waals surface area (Å²) in [7, 11) is 0. The molecular formula is C12H14O. The molecule has 0 radical (unpaired) electrons. The second-order valence-corrected chi connectivity index (χ2v) is 4.28. The Morgan fingerprint density at radius 1 is 1.23 bits per heavy atom. The molecule has 0 spiro atoms. The van der Waals surface area contributed by atoms with Gasteiger partial charge in [-0.25, -0.2) is 0 Å². The van der Waals surface area contributed by atoms with E-state index >= 15 is 0 Å². The molecule has 1 heteroatoms. The maximum Gasteiger partial charge on any atom is 0.0935 e. The van der Waals surface area contributed by atoms with Crippen LogP contribution in [0.25, 0.3) is 0 Å². The van der Waals surface area contributed by atoms with Crippen LogP contribution < -0.4 is 0 Å². The zero-order chi connectivity index (χ0) is 8.73. The molecule has 13 heavy (non-hydrogen) atoms. The first kappa shape index (κ1) is 7.57. The SMILES string of the molecule is c1ccc(C23CCC(CO2)C3)cc1. The Balaban J connectivity index is 2.00. The highest BCUT2D eigenvalue weighted by Gasteiger charge is 2.47. The molecule has 2 unspecified atom stereocenters. The molecule has 1 aromatic carbocycles. The lowest BCUT2D eigenvalue weighted by Crippen LogP contribution is -2.23. The first-order valence-corrected chi connectivity index (χ1v) is 5.09. The van der Waals surface area contributed by atoms with Crippen molar-refractivity contribution in [1.29, 1.82) is 0 Å². The first-order valence-electron chi connectivity index (χ1n) is 5.09. The first-order chi connectivity index (χ1) is 6.39. The summed E-state index contributed by atoms with van der Waals surface area (Å²) in [6.07, 6.45) is 3.83. The molecule has 2 aliphatic rings. The van der Waals surface area contributed by atoms with Gasteiger partial charge in [-0.3, -0.25) is 0 Å². The number of rotatable bonds is 1. The monoisotopic (exact) mass is 174 g/mol. The van der Waals surface area contributed by atoms with Crippen LogP contribution in [0.4, 0.5) is 0 Å². The van der Waals surface area contributed by atoms with Gasteiger partial charge in [-0.05, 0) is 30.7 Å². The Bertz CT molecular complexity index is 296. The van der Waals surface area contributed by atoms with Crippen molar-refractivity contribution < 1.29 is 4.74 Å². The predicted octanol–water partition coefficient (Wildman–Crippen LogP) is 2.71. The Labute approximate surface area is 78.7 Å². The molecule has 2 atom stereocenters. The number of ether oxygens (including phenoxy) is 1. The minimum Gasteiger partial charge on any atom is -0.370 e. The van der Waals surface area contributed by atoms with E-state index in [1.54, 1.807) is 0 Å². The van der Waals surface area contributed by atoms with E-state index in [1.807, 2.05) is 0 Å². The molecule has 1 heterocycles. The summed E-state index contributed by atoms with van der Waals surface area (Å²) < 4.78 is 5.93. The number of hydrogen-bond donors (Lipinski definition) is 0. The van der Waals surface area contributed by atoms with Gasteiger partial charge in [-0.1, -0.05) is 30.3 Å². The van der Waals surface area contributed by atoms with Gasteiger partial charge in [0.15, 0.2) is 0 Å². The zero-order valence-corrected chi connectivity index (χ0v) is 7.70. The molecule has 1 aliphatic heterocycles. The summed E-state index contributed by atoms with van der Waals surface area (Å²) in [5.74, 6) is 0.834. The van der Waals surface area contributed by atoms with Gasteiger partial charge in [0.1, 0.15) is 0 Å². The van der Waals surface area contributed by atoms with E-state index in [9.17, 15) is 0 Å². The summed E-state index contributed by atoms with van der Waals surface area (Å²) in [6.45, 7) is 0.981. The number of benzene rings is 1. The second kappa shape index (κ2) is 2.58. The largest absolute Gasteiger partial charge is 0.370 e. The van der Waals surface area contributed by atoms with Gasteiger partial charge in [0.25, 0.3) is 0 Å². The van der Waals surface area contributed by atoms with Crippen LogP contribution in [-0.2, 0) is 10.3 Å². The van der Waals surface area contributed by atoms with Crippen LogP contribution in [0.1, 0.15) is 24.8 Å². The van der Waals surface area contributed by atoms with Gasteiger partial charge in [-0.15, -0.1) is 0 Å². The fourth-order valence-electron chi connectivity index (χ4n) is 2.75. The minimum absolute atomic E-state index is 0.103. The lowest BCUT2D eigenvalue weighted by molar-refractivity contribution is -0.0208. The average molecular weight is 174 g/mol. The summed E-state index contributed by atoms with van der Waals surface area (Å²) in [5, 5.41) is 0. The summed E-state index contributed by atoms with van der Waals surface area (Å²) in [6, 6.07) is 10.7. The van der Waals surface area contributed by atoms with E-state index in [2.05, 4.69) is 30.3 Å². The van der Waals surface area contributed by atoms with Gasteiger partial charge < -0.3 is 4.74 Å². The molecule has 1 saturated heterocycles. The fourth-order valence-corrected chi connectivity index (χ4v) is 2.75. The third-order valence-electron chi connectivity index (χ3n) is 3.47. The van der Waals surface area contributed by atoms with Crippen LogP contribution in [0.3, 0.4) is 0 Å². The van der Waals surface area contributed by atoms with Crippen LogP contribution in [-0.4, -0.2) is 6.61 Å². The molecule has 2 fully saturated rings. The molecule has 2 bridgehead atoms. The van der Waals surface area contributed by atoms with Crippen molar-refractivity contribution >= 4 is 0 Å². The molecule has 3 rings (SSSR count). The quantitative estimate of drug-likeness (QED) is 0.636. The molecule has 0 amide bonds. The topological polar surface area (TPSA) is 9.23 Å². The van der Waals surface area contributed by atoms with Gasteiger partial charge in [0.2, 0.25) is 0 Å². The summed E-state index contributed by atoms with van der Waals surface area (Å²) >= 11 is 0. The van der Waals surface area contributed by atoms with Crippen molar-refractivity contribution in [3.8, 4) is 0 Å². The highest BCUT2D eigenvalue weighted by molar-refractivity contribution is 5.25. The summed E-state index contributed by atoms with van der Waals surface area (Å²) in [4.78, 5) is 0. The third-order valence-corrected chi connectivity index (χ3v) is 3.47. The fraction of sp³-hybridized carbons (Fsp3) is 0.500. The molecule has 68 valence electrons. The van der Waals surface area contributed by atoms with Crippen molar-refractivity contribution in [2.24, 2.45) is 5.92 Å². The van der Waals surface area contributed by atoms with E-state index < -0.39 is 0 Å². The Morgan fingerprint density at radius 2 is 2.08 bits per heavy atom. The number of fused-ring (bicyclic) bond motifs is 2. The molecule has 1 saturated carbocycles. The predicted molar refractivity (Wildman–Crippen MR) is 51.4 cm³/mol. The van der Waals surface area contributed by atoms with Crippen LogP contribution in [0, 0.1) is 5.92 Å². The van der Waals surface area contributed by atoms with E-state index in [0.29, 0.717) is 0 Å². The van der Waals surface area contributed by atoms with Gasteiger partial charge in [-0.2, -0.15) is 0 Å². The van der Waals surface area contributed by atoms with Crippen molar-refractivity contribution in [2.75, 3.05) is 6.61 Å². The van der Waals surface area contributed by atoms with Gasteiger partial charge in [0, 0.05) is 0 Å². The maximum atomic E-state index is 5.93. The lowest BCUT2D eigenvalue weighted by Gasteiger charge is -2.27. The molecular weight excluding hydrogens is 160 g/mol. The smallest absolute Gasteiger partial charge is 0.0935 e. The third kappa shape index (κ3) is 1.03. The Morgan fingerprint density at radius 3 is 2.62 bits per heavy atom. The highest BCUT2D eigenvalue weighted by atomic mass is 16.5. The van der Waals surface area contributed by atoms with Crippen LogP contribution in [0.15, 0.2) is 30.3 Å². The van der Waals surface area contributed by atoms with Crippen molar-refractivity contribution in [3.63, 3.8) is 0 Å². The van der Waals surface area contributed by atoms with Crippen LogP contribution in [0.2, 0.25) is 0 Å². The molecule has 1 nitrogen and oxygen atoms in total. The van der Waals surface area contributed by atoms with E-state index in [4.69, 9.17) is 4.74 Å². The molecule has 1 aliphatic carbocycles. The van der Waals surface area contributed by atoms with Crippen LogP contribution >= 0.6 is 0 Å². The highest BCUT2D eigenvalue weighted by Crippen LogP contribution is 2.50. The average Bonchev–Trinajstić information content (AvgIpc) is 2.80. The van der Waals surface area contributed by atoms with E-state index in [0.717, 1.165) is 12.5 Å². The van der Waals surface area contributed by atoms with Crippen molar-refractivity contribution in [2.45, 2.75) is 24.9 Å². The molecule has 1 aromatic rings. The van der Waals surface area contributed by atoms with Gasteiger partial charge >= 0.3 is 0 Å². The Hall–Kier alpha value is -0.820.